The fourth-order valence-corrected chi connectivity index (χ4v) is 3.24. The van der Waals surface area contributed by atoms with Gasteiger partial charge in [0.25, 0.3) is 0 Å². The summed E-state index contributed by atoms with van der Waals surface area (Å²) < 4.78 is 23.7. The molecule has 0 spiro atoms. The van der Waals surface area contributed by atoms with Crippen molar-refractivity contribution in [3.8, 4) is 0 Å². The second-order valence-corrected chi connectivity index (χ2v) is 8.10. The molecular formula is C13H21N3O3S. The molecule has 0 radical (unpaired) electrons. The maximum Gasteiger partial charge on any atom is 0.237 e. The zero-order valence-electron chi connectivity index (χ0n) is 11.9. The molecular weight excluding hydrogens is 278 g/mol. The first-order chi connectivity index (χ1) is 9.40. The molecule has 1 saturated heterocycles. The molecule has 1 atom stereocenters. The quantitative estimate of drug-likeness (QED) is 0.897. The highest BCUT2D eigenvalue weighted by Crippen LogP contribution is 2.25. The molecule has 20 heavy (non-hydrogen) atoms. The minimum Gasteiger partial charge on any atom is -0.341 e. The third kappa shape index (κ3) is 3.39. The van der Waals surface area contributed by atoms with Crippen LogP contribution >= 0.6 is 0 Å². The van der Waals surface area contributed by atoms with E-state index in [0.717, 1.165) is 18.5 Å². The van der Waals surface area contributed by atoms with Gasteiger partial charge in [0, 0.05) is 30.9 Å². The summed E-state index contributed by atoms with van der Waals surface area (Å²) in [7, 11) is -3.33. The lowest BCUT2D eigenvalue weighted by Crippen LogP contribution is -2.43. The van der Waals surface area contributed by atoms with Gasteiger partial charge in [-0.25, -0.2) is 8.42 Å². The number of hydrogen-bond acceptors (Lipinski definition) is 4. The van der Waals surface area contributed by atoms with Crippen LogP contribution in [0.3, 0.4) is 0 Å². The van der Waals surface area contributed by atoms with Crippen molar-refractivity contribution in [2.45, 2.75) is 37.9 Å². The molecule has 0 bridgehead atoms. The highest BCUT2D eigenvalue weighted by Gasteiger charge is 2.29. The molecule has 0 saturated carbocycles. The number of hydrogen-bond donors (Lipinski definition) is 1. The van der Waals surface area contributed by atoms with Crippen LogP contribution in [0.4, 0.5) is 0 Å². The number of likely N-dealkylation sites (tertiary alicyclic amines) is 1. The Balaban J connectivity index is 2.00. The van der Waals surface area contributed by atoms with Gasteiger partial charge in [-0.05, 0) is 32.8 Å². The molecule has 0 unspecified atom stereocenters. The summed E-state index contributed by atoms with van der Waals surface area (Å²) in [5.74, 6) is -0.458. The Bertz CT molecular complexity index is 551. The number of nitrogens with zero attached hydrogens (tertiary/aromatic N) is 2. The number of carbonyl (C=O) groups is 1. The summed E-state index contributed by atoms with van der Waals surface area (Å²) in [6, 6.07) is 1.91. The highest BCUT2D eigenvalue weighted by atomic mass is 32.2. The molecule has 0 aromatic carbocycles. The Morgan fingerprint density at radius 3 is 2.90 bits per heavy atom. The standard InChI is InChI=1S/C13H21N3O3S/c1-10(2)20(18,19)9-13(17)16-7-3-4-11(8-16)12-5-6-14-15-12/h5-6,10-11H,3-4,7-9H2,1-2H3,(H,14,15)/t11-/m1/s1. The van der Waals surface area contributed by atoms with E-state index in [1.165, 1.54) is 0 Å². The summed E-state index contributed by atoms with van der Waals surface area (Å²) >= 11 is 0. The topological polar surface area (TPSA) is 83.1 Å². The van der Waals surface area contributed by atoms with Crippen LogP contribution in [0, 0.1) is 0 Å². The van der Waals surface area contributed by atoms with E-state index in [2.05, 4.69) is 10.2 Å². The van der Waals surface area contributed by atoms with E-state index in [-0.39, 0.29) is 17.6 Å². The van der Waals surface area contributed by atoms with Gasteiger partial charge in [0.15, 0.2) is 9.84 Å². The number of aromatic amines is 1. The summed E-state index contributed by atoms with van der Waals surface area (Å²) in [4.78, 5) is 13.8. The average molecular weight is 299 g/mol. The van der Waals surface area contributed by atoms with Gasteiger partial charge in [-0.3, -0.25) is 9.89 Å². The molecule has 112 valence electrons. The zero-order chi connectivity index (χ0) is 14.8. The van der Waals surface area contributed by atoms with Gasteiger partial charge in [-0.15, -0.1) is 0 Å². The Labute approximate surface area is 119 Å². The van der Waals surface area contributed by atoms with Crippen molar-refractivity contribution >= 4 is 15.7 Å². The molecule has 1 fully saturated rings. The first-order valence-corrected chi connectivity index (χ1v) is 8.60. The molecule has 1 amide bonds. The number of piperidine rings is 1. The number of carbonyl (C=O) groups excluding carboxylic acids is 1. The van der Waals surface area contributed by atoms with Crippen LogP contribution < -0.4 is 0 Å². The van der Waals surface area contributed by atoms with E-state index in [1.807, 2.05) is 6.07 Å². The first-order valence-electron chi connectivity index (χ1n) is 6.89. The molecule has 1 N–H and O–H groups in total. The highest BCUT2D eigenvalue weighted by molar-refractivity contribution is 7.92. The summed E-state index contributed by atoms with van der Waals surface area (Å²) in [6.45, 7) is 4.41. The van der Waals surface area contributed by atoms with Crippen molar-refractivity contribution in [3.05, 3.63) is 18.0 Å². The number of sulfone groups is 1. The maximum atomic E-state index is 12.2. The predicted octanol–water partition coefficient (Wildman–Crippen LogP) is 0.939. The number of amides is 1. The molecule has 2 heterocycles. The molecule has 1 aliphatic rings. The number of H-pyrrole nitrogens is 1. The molecule has 0 aliphatic carbocycles. The lowest BCUT2D eigenvalue weighted by Gasteiger charge is -2.32. The van der Waals surface area contributed by atoms with E-state index in [4.69, 9.17) is 0 Å². The van der Waals surface area contributed by atoms with E-state index >= 15 is 0 Å². The van der Waals surface area contributed by atoms with Gasteiger partial charge in [0.1, 0.15) is 5.75 Å². The zero-order valence-corrected chi connectivity index (χ0v) is 12.7. The van der Waals surface area contributed by atoms with Crippen molar-refractivity contribution in [2.24, 2.45) is 0 Å². The molecule has 7 heteroatoms. The Morgan fingerprint density at radius 2 is 2.30 bits per heavy atom. The van der Waals surface area contributed by atoms with Crippen molar-refractivity contribution in [1.29, 1.82) is 0 Å². The minimum absolute atomic E-state index is 0.219. The lowest BCUT2D eigenvalue weighted by atomic mass is 9.95. The summed E-state index contributed by atoms with van der Waals surface area (Å²) in [6.07, 6.45) is 3.57. The van der Waals surface area contributed by atoms with Crippen LogP contribution in [-0.2, 0) is 14.6 Å². The molecule has 1 aromatic heterocycles. The predicted molar refractivity (Wildman–Crippen MR) is 76.1 cm³/mol. The fraction of sp³-hybridized carbons (Fsp3) is 0.692. The monoisotopic (exact) mass is 299 g/mol. The Hall–Kier alpha value is -1.37. The van der Waals surface area contributed by atoms with Crippen LogP contribution in [0.1, 0.15) is 38.3 Å². The van der Waals surface area contributed by atoms with Crippen molar-refractivity contribution < 1.29 is 13.2 Å². The second-order valence-electron chi connectivity index (χ2n) is 5.55. The third-order valence-electron chi connectivity index (χ3n) is 3.78. The van der Waals surface area contributed by atoms with Crippen LogP contribution in [0.25, 0.3) is 0 Å². The number of rotatable bonds is 4. The minimum atomic E-state index is -3.33. The van der Waals surface area contributed by atoms with Gasteiger partial charge >= 0.3 is 0 Å². The first kappa shape index (κ1) is 15.0. The largest absolute Gasteiger partial charge is 0.341 e. The normalized spacial score (nSPS) is 20.4. The van der Waals surface area contributed by atoms with Crippen molar-refractivity contribution in [2.75, 3.05) is 18.8 Å². The van der Waals surface area contributed by atoms with Gasteiger partial charge in [0.05, 0.1) is 5.25 Å². The van der Waals surface area contributed by atoms with Crippen LogP contribution in [0.15, 0.2) is 12.3 Å². The Morgan fingerprint density at radius 1 is 1.55 bits per heavy atom. The smallest absolute Gasteiger partial charge is 0.237 e. The lowest BCUT2D eigenvalue weighted by molar-refractivity contribution is -0.129. The van der Waals surface area contributed by atoms with Gasteiger partial charge in [-0.2, -0.15) is 5.10 Å². The van der Waals surface area contributed by atoms with Crippen LogP contribution in [0.2, 0.25) is 0 Å². The van der Waals surface area contributed by atoms with Gasteiger partial charge in [0.2, 0.25) is 5.91 Å². The molecule has 1 aromatic rings. The summed E-state index contributed by atoms with van der Waals surface area (Å²) in [5, 5.41) is 6.34. The maximum absolute atomic E-state index is 12.2. The van der Waals surface area contributed by atoms with Gasteiger partial charge < -0.3 is 4.90 Å². The van der Waals surface area contributed by atoms with Gasteiger partial charge in [-0.1, -0.05) is 0 Å². The average Bonchev–Trinajstić information content (AvgIpc) is 2.92. The van der Waals surface area contributed by atoms with Crippen molar-refractivity contribution in [1.82, 2.24) is 15.1 Å². The van der Waals surface area contributed by atoms with Crippen LogP contribution in [0.5, 0.6) is 0 Å². The molecule has 6 nitrogen and oxygen atoms in total. The number of nitrogens with one attached hydrogen (secondary N) is 1. The third-order valence-corrected chi connectivity index (χ3v) is 5.86. The van der Waals surface area contributed by atoms with Crippen molar-refractivity contribution in [3.63, 3.8) is 0 Å². The van der Waals surface area contributed by atoms with E-state index in [1.54, 1.807) is 24.9 Å². The SMILES string of the molecule is CC(C)S(=O)(=O)CC(=O)N1CCC[C@@H](c2ccn[nH]2)C1. The molecule has 2 rings (SSSR count). The van der Waals surface area contributed by atoms with E-state index in [9.17, 15) is 13.2 Å². The fourth-order valence-electron chi connectivity index (χ4n) is 2.38. The Kier molecular flexibility index (Phi) is 4.47. The second kappa shape index (κ2) is 5.95. The summed E-state index contributed by atoms with van der Waals surface area (Å²) in [5.41, 5.74) is 1.01. The van der Waals surface area contributed by atoms with E-state index < -0.39 is 15.1 Å². The number of aromatic nitrogens is 2. The van der Waals surface area contributed by atoms with E-state index in [0.29, 0.717) is 13.1 Å². The van der Waals surface area contributed by atoms with Crippen LogP contribution in [-0.4, -0.2) is 53.5 Å². The molecule has 1 aliphatic heterocycles.